The zero-order valence-corrected chi connectivity index (χ0v) is 18.3. The van der Waals surface area contributed by atoms with Crippen molar-refractivity contribution in [1.29, 1.82) is 0 Å². The Morgan fingerprint density at radius 1 is 1.16 bits per heavy atom. The van der Waals surface area contributed by atoms with Crippen LogP contribution in [0.2, 0.25) is 0 Å². The smallest absolute Gasteiger partial charge is 0.251 e. The van der Waals surface area contributed by atoms with E-state index in [9.17, 15) is 4.79 Å². The van der Waals surface area contributed by atoms with E-state index >= 15 is 0 Å². The summed E-state index contributed by atoms with van der Waals surface area (Å²) in [6.45, 7) is 2.24. The minimum atomic E-state index is -0.193. The highest BCUT2D eigenvalue weighted by atomic mass is 16.5. The molecule has 0 unspecified atom stereocenters. The van der Waals surface area contributed by atoms with Crippen molar-refractivity contribution in [2.45, 2.75) is 13.5 Å². The van der Waals surface area contributed by atoms with Crippen LogP contribution in [0.15, 0.2) is 72.0 Å². The molecule has 1 heterocycles. The van der Waals surface area contributed by atoms with Crippen LogP contribution in [0.25, 0.3) is 5.57 Å². The summed E-state index contributed by atoms with van der Waals surface area (Å²) in [4.78, 5) is 21.1. The summed E-state index contributed by atoms with van der Waals surface area (Å²) in [6.07, 6.45) is 4.70. The molecule has 3 aromatic rings. The lowest BCUT2D eigenvalue weighted by Gasteiger charge is -2.13. The Kier molecular flexibility index (Phi) is 7.59. The Balaban J connectivity index is 1.76. The van der Waals surface area contributed by atoms with Gasteiger partial charge in [-0.15, -0.1) is 0 Å². The first kappa shape index (κ1) is 22.6. The predicted octanol–water partition coefficient (Wildman–Crippen LogP) is 4.12. The molecule has 0 aliphatic carbocycles. The first-order valence-electron chi connectivity index (χ1n) is 10.0. The summed E-state index contributed by atoms with van der Waals surface area (Å²) >= 11 is 0. The molecule has 7 nitrogen and oxygen atoms in total. The molecule has 0 aliphatic heterocycles. The first-order valence-corrected chi connectivity index (χ1v) is 10.0. The van der Waals surface area contributed by atoms with Crippen LogP contribution in [0, 0.1) is 6.92 Å². The average Bonchev–Trinajstić information content (AvgIpc) is 2.82. The van der Waals surface area contributed by atoms with Gasteiger partial charge in [-0.2, -0.15) is 0 Å². The number of nitrogens with one attached hydrogen (secondary N) is 1. The van der Waals surface area contributed by atoms with Crippen LogP contribution in [0.1, 0.15) is 27.2 Å². The largest absolute Gasteiger partial charge is 0.496 e. The highest BCUT2D eigenvalue weighted by Gasteiger charge is 2.12. The van der Waals surface area contributed by atoms with E-state index in [2.05, 4.69) is 15.3 Å². The normalized spacial score (nSPS) is 11.4. The number of pyridine rings is 1. The van der Waals surface area contributed by atoms with Gasteiger partial charge < -0.3 is 20.5 Å². The fourth-order valence-corrected chi connectivity index (χ4v) is 3.13. The molecule has 0 fully saturated rings. The number of aryl methyl sites for hydroxylation is 1. The van der Waals surface area contributed by atoms with E-state index in [1.165, 1.54) is 6.20 Å². The van der Waals surface area contributed by atoms with Crippen molar-refractivity contribution in [3.63, 3.8) is 0 Å². The molecule has 3 rings (SSSR count). The van der Waals surface area contributed by atoms with Gasteiger partial charge in [0.1, 0.15) is 17.2 Å². The summed E-state index contributed by atoms with van der Waals surface area (Å²) in [5, 5.41) is 2.95. The number of hydrogen-bond acceptors (Lipinski definition) is 6. The molecule has 32 heavy (non-hydrogen) atoms. The molecule has 0 radical (unpaired) electrons. The summed E-state index contributed by atoms with van der Waals surface area (Å²) in [5.74, 6) is 1.65. The standard InChI is InChI=1S/C25H26N4O3/c1-17-8-9-20(32-21-10-11-28-23(13-21)19(14-26)15-27-2)12-22(17)25(30)29-16-18-6-4-5-7-24(18)31-3/h4-15H,16,26H2,1-3H3,(H,29,30)/b19-14+,27-15?. The number of nitrogens with zero attached hydrogens (tertiary/aromatic N) is 2. The second-order valence-corrected chi connectivity index (χ2v) is 6.96. The van der Waals surface area contributed by atoms with Gasteiger partial charge in [-0.1, -0.05) is 24.3 Å². The third-order valence-corrected chi connectivity index (χ3v) is 4.80. The number of amides is 1. The van der Waals surface area contributed by atoms with Gasteiger partial charge in [0.15, 0.2) is 0 Å². The molecule has 1 amide bonds. The van der Waals surface area contributed by atoms with Gasteiger partial charge in [-0.25, -0.2) is 0 Å². The Morgan fingerprint density at radius 2 is 1.94 bits per heavy atom. The quantitative estimate of drug-likeness (QED) is 0.524. The van der Waals surface area contributed by atoms with Gasteiger partial charge in [-0.3, -0.25) is 14.8 Å². The predicted molar refractivity (Wildman–Crippen MR) is 126 cm³/mol. The molecule has 0 atom stereocenters. The second-order valence-electron chi connectivity index (χ2n) is 6.96. The molecule has 0 saturated heterocycles. The molecule has 3 N–H and O–H groups in total. The lowest BCUT2D eigenvalue weighted by molar-refractivity contribution is 0.0949. The van der Waals surface area contributed by atoms with E-state index in [-0.39, 0.29) is 5.91 Å². The molecule has 0 aliphatic rings. The number of hydrogen-bond donors (Lipinski definition) is 2. The lowest BCUT2D eigenvalue weighted by Crippen LogP contribution is -2.23. The number of methoxy groups -OCH3 is 1. The number of aromatic nitrogens is 1. The van der Waals surface area contributed by atoms with E-state index in [1.54, 1.807) is 44.8 Å². The van der Waals surface area contributed by atoms with Crippen LogP contribution in [0.3, 0.4) is 0 Å². The number of ether oxygens (including phenoxy) is 2. The monoisotopic (exact) mass is 430 g/mol. The minimum absolute atomic E-state index is 0.193. The maximum Gasteiger partial charge on any atom is 0.251 e. The number of para-hydroxylation sites is 1. The maximum absolute atomic E-state index is 12.8. The molecule has 7 heteroatoms. The van der Waals surface area contributed by atoms with Crippen LogP contribution < -0.4 is 20.5 Å². The zero-order chi connectivity index (χ0) is 22.9. The molecular formula is C25H26N4O3. The fourth-order valence-electron chi connectivity index (χ4n) is 3.13. The minimum Gasteiger partial charge on any atom is -0.496 e. The van der Waals surface area contributed by atoms with Crippen molar-refractivity contribution in [3.8, 4) is 17.2 Å². The Hall–Kier alpha value is -4.13. The van der Waals surface area contributed by atoms with Crippen LogP contribution in [0.4, 0.5) is 0 Å². The lowest BCUT2D eigenvalue weighted by atomic mass is 10.1. The average molecular weight is 431 g/mol. The fraction of sp³-hybridized carbons (Fsp3) is 0.160. The van der Waals surface area contributed by atoms with Gasteiger partial charge >= 0.3 is 0 Å². The zero-order valence-electron chi connectivity index (χ0n) is 18.3. The van der Waals surface area contributed by atoms with Crippen LogP contribution >= 0.6 is 0 Å². The number of benzene rings is 2. The molecule has 0 saturated carbocycles. The van der Waals surface area contributed by atoms with Crippen LogP contribution in [-0.2, 0) is 6.54 Å². The van der Waals surface area contributed by atoms with Gasteiger partial charge in [0.05, 0.1) is 12.8 Å². The summed E-state index contributed by atoms with van der Waals surface area (Å²) < 4.78 is 11.3. The second kappa shape index (κ2) is 10.8. The summed E-state index contributed by atoms with van der Waals surface area (Å²) in [5.41, 5.74) is 9.26. The topological polar surface area (TPSA) is 98.8 Å². The number of rotatable bonds is 8. The Morgan fingerprint density at radius 3 is 2.69 bits per heavy atom. The number of carbonyl (C=O) groups is 1. The Bertz CT molecular complexity index is 1160. The summed E-state index contributed by atoms with van der Waals surface area (Å²) in [6, 6.07) is 16.5. The van der Waals surface area contributed by atoms with Crippen molar-refractivity contribution in [1.82, 2.24) is 10.3 Å². The molecule has 0 bridgehead atoms. The van der Waals surface area contributed by atoms with E-state index in [0.29, 0.717) is 34.9 Å². The number of nitrogens with two attached hydrogens (primary N) is 1. The third kappa shape index (κ3) is 5.51. The highest BCUT2D eigenvalue weighted by Crippen LogP contribution is 2.26. The molecule has 164 valence electrons. The van der Waals surface area contributed by atoms with Crippen molar-refractivity contribution in [2.75, 3.05) is 14.2 Å². The van der Waals surface area contributed by atoms with E-state index in [1.807, 2.05) is 43.3 Å². The van der Waals surface area contributed by atoms with Crippen molar-refractivity contribution in [2.24, 2.45) is 10.7 Å². The first-order chi connectivity index (χ1) is 15.5. The molecule has 1 aromatic heterocycles. The molecule has 2 aromatic carbocycles. The van der Waals surface area contributed by atoms with Gasteiger partial charge in [0.2, 0.25) is 0 Å². The van der Waals surface area contributed by atoms with Crippen molar-refractivity contribution in [3.05, 3.63) is 89.4 Å². The number of allylic oxidation sites excluding steroid dienone is 1. The van der Waals surface area contributed by atoms with E-state index in [0.717, 1.165) is 16.9 Å². The van der Waals surface area contributed by atoms with Gasteiger partial charge in [0.25, 0.3) is 5.91 Å². The number of carbonyl (C=O) groups excluding carboxylic acids is 1. The van der Waals surface area contributed by atoms with Gasteiger partial charge in [0, 0.05) is 55.0 Å². The highest BCUT2D eigenvalue weighted by molar-refractivity contribution is 6.08. The van der Waals surface area contributed by atoms with E-state index in [4.69, 9.17) is 15.2 Å². The van der Waals surface area contributed by atoms with Crippen molar-refractivity contribution < 1.29 is 14.3 Å². The summed E-state index contributed by atoms with van der Waals surface area (Å²) in [7, 11) is 3.27. The van der Waals surface area contributed by atoms with Crippen molar-refractivity contribution >= 4 is 17.7 Å². The number of aliphatic imine (C=N–C) groups is 1. The SMILES string of the molecule is CN=C/C(=C\N)c1cc(Oc2ccc(C)c(C(=O)NCc3ccccc3OC)c2)ccn1. The maximum atomic E-state index is 12.8. The molecule has 0 spiro atoms. The van der Waals surface area contributed by atoms with Crippen LogP contribution in [0.5, 0.6) is 17.2 Å². The van der Waals surface area contributed by atoms with Gasteiger partial charge in [-0.05, 0) is 36.8 Å². The Labute approximate surface area is 187 Å². The van der Waals surface area contributed by atoms with Crippen LogP contribution in [-0.4, -0.2) is 31.3 Å². The van der Waals surface area contributed by atoms with E-state index < -0.39 is 0 Å². The molecular weight excluding hydrogens is 404 g/mol. The third-order valence-electron chi connectivity index (χ3n) is 4.80.